The topological polar surface area (TPSA) is 164 Å². The number of fused-ring (bicyclic) bond motifs is 12. The number of hydrogen-bond acceptors (Lipinski definition) is 6. The molecule has 4 heterocycles. The standard InChI is InChI=1S/C24H12N6O6/c31-19(32)10-1-4-16-13(7-10)25-22-28(16)23-26-14-8-11(20(33)34)2-5-17(14)30(23)24-27-15-9-12(21(35)36)3-6-18(15)29(22)24/h1-9H,(H,31,32)(H,33,34)(H,35,36). The Labute approximate surface area is 197 Å². The monoisotopic (exact) mass is 480 g/mol. The van der Waals surface area contributed by atoms with E-state index in [0.29, 0.717) is 50.4 Å². The van der Waals surface area contributed by atoms with Gasteiger partial charge in [-0.1, -0.05) is 0 Å². The van der Waals surface area contributed by atoms with Gasteiger partial charge in [0, 0.05) is 0 Å². The number of carboxylic acids is 3. The predicted octanol–water partition coefficient (Wildman–Crippen LogP) is 3.18. The van der Waals surface area contributed by atoms with Crippen LogP contribution in [0.4, 0.5) is 0 Å². The minimum absolute atomic E-state index is 0.0689. The number of carboxylic acid groups (broad SMARTS) is 3. The van der Waals surface area contributed by atoms with Crippen molar-refractivity contribution in [3.63, 3.8) is 0 Å². The lowest BCUT2D eigenvalue weighted by Crippen LogP contribution is -2.04. The summed E-state index contributed by atoms with van der Waals surface area (Å²) in [5, 5.41) is 28.3. The maximum Gasteiger partial charge on any atom is 0.335 e. The molecule has 3 aromatic carbocycles. The van der Waals surface area contributed by atoms with Crippen LogP contribution in [0.5, 0.6) is 0 Å². The van der Waals surface area contributed by atoms with Crippen molar-refractivity contribution >= 4 is 68.3 Å². The number of rotatable bonds is 3. The van der Waals surface area contributed by atoms with Crippen LogP contribution in [-0.4, -0.2) is 61.4 Å². The molecule has 174 valence electrons. The number of nitrogens with zero attached hydrogens (tertiary/aromatic N) is 6. The fourth-order valence-corrected chi connectivity index (χ4v) is 4.64. The normalized spacial score (nSPS) is 12.0. The summed E-state index contributed by atoms with van der Waals surface area (Å²) in [5.74, 6) is -2.12. The van der Waals surface area contributed by atoms with E-state index in [1.54, 1.807) is 31.4 Å². The molecule has 0 saturated carbocycles. The molecule has 7 aromatic rings. The number of imidazole rings is 3. The van der Waals surface area contributed by atoms with Gasteiger partial charge in [0.15, 0.2) is 0 Å². The van der Waals surface area contributed by atoms with Crippen molar-refractivity contribution < 1.29 is 29.7 Å². The van der Waals surface area contributed by atoms with Gasteiger partial charge in [0.1, 0.15) is 0 Å². The summed E-state index contributed by atoms with van der Waals surface area (Å²) < 4.78 is 5.21. The van der Waals surface area contributed by atoms with Crippen LogP contribution in [0.1, 0.15) is 31.1 Å². The van der Waals surface area contributed by atoms with Gasteiger partial charge in [0.05, 0.1) is 49.8 Å². The summed E-state index contributed by atoms with van der Waals surface area (Å²) >= 11 is 0. The van der Waals surface area contributed by atoms with E-state index in [1.165, 1.54) is 36.4 Å². The smallest absolute Gasteiger partial charge is 0.335 e. The van der Waals surface area contributed by atoms with Crippen molar-refractivity contribution in [2.75, 3.05) is 0 Å². The van der Waals surface area contributed by atoms with Crippen LogP contribution in [0.3, 0.4) is 0 Å². The summed E-state index contributed by atoms with van der Waals surface area (Å²) in [6.45, 7) is 0. The molecular formula is C24H12N6O6. The minimum atomic E-state index is -1.09. The van der Waals surface area contributed by atoms with Crippen LogP contribution in [0.2, 0.25) is 0 Å². The summed E-state index contributed by atoms with van der Waals surface area (Å²) in [5.41, 5.74) is 3.18. The Morgan fingerprint density at radius 3 is 1.03 bits per heavy atom. The molecule has 0 amide bonds. The summed E-state index contributed by atoms with van der Waals surface area (Å²) in [6.07, 6.45) is 0. The average molecular weight is 480 g/mol. The van der Waals surface area contributed by atoms with Gasteiger partial charge in [-0.3, -0.25) is 0 Å². The zero-order valence-corrected chi connectivity index (χ0v) is 17.9. The lowest BCUT2D eigenvalue weighted by Gasteiger charge is -2.05. The maximum atomic E-state index is 11.5. The van der Waals surface area contributed by atoms with E-state index < -0.39 is 17.9 Å². The molecule has 0 aliphatic rings. The highest BCUT2D eigenvalue weighted by atomic mass is 16.4. The van der Waals surface area contributed by atoms with Crippen LogP contribution in [0, 0.1) is 0 Å². The molecule has 7 rings (SSSR count). The first-order valence-electron chi connectivity index (χ1n) is 10.6. The number of benzene rings is 3. The summed E-state index contributed by atoms with van der Waals surface area (Å²) in [7, 11) is 0. The fourth-order valence-electron chi connectivity index (χ4n) is 4.64. The van der Waals surface area contributed by atoms with E-state index in [4.69, 9.17) is 15.0 Å². The van der Waals surface area contributed by atoms with Crippen LogP contribution in [-0.2, 0) is 0 Å². The lowest BCUT2D eigenvalue weighted by molar-refractivity contribution is 0.0686. The van der Waals surface area contributed by atoms with Gasteiger partial charge >= 0.3 is 17.9 Å². The molecule has 0 fully saturated rings. The summed E-state index contributed by atoms with van der Waals surface area (Å²) in [4.78, 5) is 48.7. The van der Waals surface area contributed by atoms with Crippen molar-refractivity contribution in [2.45, 2.75) is 0 Å². The molecule has 0 aliphatic heterocycles. The SMILES string of the molecule is O=C(O)c1ccc2c(c1)nc1n2c2nc3cc(C(=O)O)ccc3n2c2nc3cc(C(=O)O)ccc3n12. The molecule has 4 aromatic heterocycles. The number of aromatic nitrogens is 6. The minimum Gasteiger partial charge on any atom is -0.478 e. The Kier molecular flexibility index (Phi) is 3.61. The van der Waals surface area contributed by atoms with Crippen molar-refractivity contribution in [3.8, 4) is 0 Å². The van der Waals surface area contributed by atoms with E-state index in [2.05, 4.69) is 0 Å². The highest BCUT2D eigenvalue weighted by molar-refractivity contribution is 5.98. The molecular weight excluding hydrogens is 468 g/mol. The molecule has 0 saturated heterocycles. The van der Waals surface area contributed by atoms with Crippen LogP contribution < -0.4 is 0 Å². The van der Waals surface area contributed by atoms with Gasteiger partial charge in [-0.25, -0.2) is 42.5 Å². The molecule has 12 nitrogen and oxygen atoms in total. The molecule has 3 N–H and O–H groups in total. The Morgan fingerprint density at radius 2 is 0.778 bits per heavy atom. The third-order valence-electron chi connectivity index (χ3n) is 6.25. The van der Waals surface area contributed by atoms with Gasteiger partial charge in [0.25, 0.3) is 0 Å². The van der Waals surface area contributed by atoms with Gasteiger partial charge in [0.2, 0.25) is 17.3 Å². The highest BCUT2D eigenvalue weighted by Gasteiger charge is 2.22. The predicted molar refractivity (Wildman–Crippen MR) is 126 cm³/mol. The molecule has 0 radical (unpaired) electrons. The van der Waals surface area contributed by atoms with Crippen LogP contribution >= 0.6 is 0 Å². The van der Waals surface area contributed by atoms with Gasteiger partial charge in [-0.05, 0) is 54.6 Å². The van der Waals surface area contributed by atoms with Gasteiger partial charge < -0.3 is 15.3 Å². The first kappa shape index (κ1) is 19.9. The van der Waals surface area contributed by atoms with Crippen molar-refractivity contribution in [1.29, 1.82) is 0 Å². The van der Waals surface area contributed by atoms with Crippen molar-refractivity contribution in [3.05, 3.63) is 71.3 Å². The quantitative estimate of drug-likeness (QED) is 0.344. The van der Waals surface area contributed by atoms with Crippen molar-refractivity contribution in [2.24, 2.45) is 0 Å². The molecule has 0 bridgehead atoms. The van der Waals surface area contributed by atoms with E-state index >= 15 is 0 Å². The van der Waals surface area contributed by atoms with E-state index in [0.717, 1.165) is 0 Å². The van der Waals surface area contributed by atoms with E-state index in [9.17, 15) is 29.7 Å². The highest BCUT2D eigenvalue weighted by Crippen LogP contribution is 2.29. The molecule has 0 unspecified atom stereocenters. The second-order valence-corrected chi connectivity index (χ2v) is 8.27. The Morgan fingerprint density at radius 1 is 0.500 bits per heavy atom. The largest absolute Gasteiger partial charge is 0.478 e. The Balaban J connectivity index is 1.75. The maximum absolute atomic E-state index is 11.5. The molecule has 12 heteroatoms. The van der Waals surface area contributed by atoms with Gasteiger partial charge in [-0.15, -0.1) is 0 Å². The lowest BCUT2D eigenvalue weighted by atomic mass is 10.2. The molecule has 0 aliphatic carbocycles. The van der Waals surface area contributed by atoms with E-state index in [-0.39, 0.29) is 16.7 Å². The Bertz CT molecular complexity index is 1880. The van der Waals surface area contributed by atoms with Gasteiger partial charge in [-0.2, -0.15) is 0 Å². The fraction of sp³-hybridized carbons (Fsp3) is 0. The number of aromatic carboxylic acids is 3. The van der Waals surface area contributed by atoms with Crippen molar-refractivity contribution in [1.82, 2.24) is 28.2 Å². The van der Waals surface area contributed by atoms with Crippen LogP contribution in [0.15, 0.2) is 54.6 Å². The second kappa shape index (κ2) is 6.54. The first-order chi connectivity index (χ1) is 17.3. The molecule has 0 atom stereocenters. The number of hydrogen-bond donors (Lipinski definition) is 3. The zero-order chi connectivity index (χ0) is 24.9. The molecule has 0 spiro atoms. The average Bonchev–Trinajstić information content (AvgIpc) is 3.52. The third-order valence-corrected chi connectivity index (χ3v) is 6.25. The third kappa shape index (κ3) is 2.46. The molecule has 36 heavy (non-hydrogen) atoms. The van der Waals surface area contributed by atoms with Crippen LogP contribution in [0.25, 0.3) is 50.4 Å². The zero-order valence-electron chi connectivity index (χ0n) is 17.9. The Hall–Kier alpha value is -5.52. The number of carbonyl (C=O) groups is 3. The first-order valence-corrected chi connectivity index (χ1v) is 10.6. The second-order valence-electron chi connectivity index (χ2n) is 8.27. The summed E-state index contributed by atoms with van der Waals surface area (Å²) in [6, 6.07) is 13.7. The van der Waals surface area contributed by atoms with E-state index in [1.807, 2.05) is 0 Å².